The standard InChI is InChI=1S/C19H22N4/c1-12-13(2)21-18-17(12)9-16(10-20)22-19(18)23-8-7-14-5-3-4-6-15(14)11-23/h3-6,9,21H,7-8,10-11,20H2,1-2H3. The molecule has 0 atom stereocenters. The maximum absolute atomic E-state index is 5.88. The van der Waals surface area contributed by atoms with Gasteiger partial charge in [0.25, 0.3) is 0 Å². The highest BCUT2D eigenvalue weighted by atomic mass is 15.2. The van der Waals surface area contributed by atoms with Gasteiger partial charge in [-0.1, -0.05) is 24.3 Å². The number of anilines is 1. The molecule has 0 spiro atoms. The van der Waals surface area contributed by atoms with Crippen LogP contribution in [-0.2, 0) is 19.5 Å². The number of rotatable bonds is 2. The van der Waals surface area contributed by atoms with Gasteiger partial charge >= 0.3 is 0 Å². The van der Waals surface area contributed by atoms with Gasteiger partial charge < -0.3 is 15.6 Å². The number of hydrogen-bond donors (Lipinski definition) is 2. The van der Waals surface area contributed by atoms with E-state index >= 15 is 0 Å². The third-order valence-electron chi connectivity index (χ3n) is 4.97. The third-order valence-corrected chi connectivity index (χ3v) is 4.97. The van der Waals surface area contributed by atoms with Crippen LogP contribution in [-0.4, -0.2) is 16.5 Å². The summed E-state index contributed by atoms with van der Waals surface area (Å²) in [5.74, 6) is 1.04. The lowest BCUT2D eigenvalue weighted by atomic mass is 10.00. The number of H-pyrrole nitrogens is 1. The molecule has 4 heteroatoms. The molecule has 0 saturated carbocycles. The molecule has 3 heterocycles. The number of nitrogens with one attached hydrogen (secondary N) is 1. The number of fused-ring (bicyclic) bond motifs is 2. The minimum absolute atomic E-state index is 0.469. The number of nitrogens with two attached hydrogens (primary N) is 1. The van der Waals surface area contributed by atoms with Crippen molar-refractivity contribution in [2.24, 2.45) is 5.73 Å². The van der Waals surface area contributed by atoms with Gasteiger partial charge in [0.2, 0.25) is 0 Å². The summed E-state index contributed by atoms with van der Waals surface area (Å²) in [5, 5.41) is 1.24. The van der Waals surface area contributed by atoms with Crippen LogP contribution in [0.3, 0.4) is 0 Å². The molecule has 3 aromatic rings. The Morgan fingerprint density at radius 1 is 1.22 bits per heavy atom. The molecule has 118 valence electrons. The van der Waals surface area contributed by atoms with Crippen molar-refractivity contribution < 1.29 is 0 Å². The fraction of sp³-hybridized carbons (Fsp3) is 0.316. The molecule has 1 aliphatic rings. The summed E-state index contributed by atoms with van der Waals surface area (Å²) in [7, 11) is 0. The van der Waals surface area contributed by atoms with Crippen molar-refractivity contribution in [3.63, 3.8) is 0 Å². The quantitative estimate of drug-likeness (QED) is 0.764. The van der Waals surface area contributed by atoms with Crippen molar-refractivity contribution in [1.82, 2.24) is 9.97 Å². The SMILES string of the molecule is Cc1[nH]c2c(N3CCc4ccccc4C3)nc(CN)cc2c1C. The number of aromatic nitrogens is 2. The summed E-state index contributed by atoms with van der Waals surface area (Å²) in [6, 6.07) is 10.8. The van der Waals surface area contributed by atoms with Gasteiger partial charge in [-0.15, -0.1) is 0 Å². The van der Waals surface area contributed by atoms with Gasteiger partial charge in [-0.3, -0.25) is 0 Å². The zero-order valence-electron chi connectivity index (χ0n) is 13.7. The molecule has 0 saturated heterocycles. The molecule has 1 aromatic carbocycles. The first-order valence-electron chi connectivity index (χ1n) is 8.18. The first-order chi connectivity index (χ1) is 11.2. The predicted octanol–water partition coefficient (Wildman–Crippen LogP) is 3.20. The Kier molecular flexibility index (Phi) is 3.34. The third kappa shape index (κ3) is 2.30. The van der Waals surface area contributed by atoms with Gasteiger partial charge in [0.05, 0.1) is 11.2 Å². The summed E-state index contributed by atoms with van der Waals surface area (Å²) in [6.45, 7) is 6.64. The maximum Gasteiger partial charge on any atom is 0.153 e. The van der Waals surface area contributed by atoms with Crippen LogP contribution in [0.15, 0.2) is 30.3 Å². The van der Waals surface area contributed by atoms with Gasteiger partial charge in [-0.05, 0) is 43.0 Å². The molecule has 0 aliphatic carbocycles. The molecule has 0 radical (unpaired) electrons. The first-order valence-corrected chi connectivity index (χ1v) is 8.18. The second kappa shape index (κ2) is 5.39. The molecular weight excluding hydrogens is 284 g/mol. The highest BCUT2D eigenvalue weighted by Crippen LogP contribution is 2.32. The molecule has 0 amide bonds. The molecule has 0 unspecified atom stereocenters. The summed E-state index contributed by atoms with van der Waals surface area (Å²) in [4.78, 5) is 10.7. The summed E-state index contributed by atoms with van der Waals surface area (Å²) >= 11 is 0. The lowest BCUT2D eigenvalue weighted by molar-refractivity contribution is 0.720. The number of hydrogen-bond acceptors (Lipinski definition) is 3. The van der Waals surface area contributed by atoms with E-state index in [9.17, 15) is 0 Å². The average molecular weight is 306 g/mol. The molecule has 4 rings (SSSR count). The number of pyridine rings is 1. The number of nitrogens with zero attached hydrogens (tertiary/aromatic N) is 2. The van der Waals surface area contributed by atoms with Crippen LogP contribution in [0, 0.1) is 13.8 Å². The normalized spacial score (nSPS) is 14.3. The van der Waals surface area contributed by atoms with Crippen molar-refractivity contribution in [2.75, 3.05) is 11.4 Å². The molecular formula is C19H22N4. The van der Waals surface area contributed by atoms with Gasteiger partial charge in [-0.25, -0.2) is 4.98 Å². The minimum atomic E-state index is 0.469. The number of aromatic amines is 1. The fourth-order valence-corrected chi connectivity index (χ4v) is 3.50. The van der Waals surface area contributed by atoms with Crippen LogP contribution >= 0.6 is 0 Å². The molecule has 0 bridgehead atoms. The Morgan fingerprint density at radius 2 is 2.00 bits per heavy atom. The Balaban J connectivity index is 1.84. The lowest BCUT2D eigenvalue weighted by Gasteiger charge is -2.30. The molecule has 1 aliphatic heterocycles. The molecule has 0 fully saturated rings. The zero-order valence-corrected chi connectivity index (χ0v) is 13.7. The fourth-order valence-electron chi connectivity index (χ4n) is 3.50. The Bertz CT molecular complexity index is 878. The lowest BCUT2D eigenvalue weighted by Crippen LogP contribution is -2.31. The van der Waals surface area contributed by atoms with E-state index in [2.05, 4.69) is 54.1 Å². The van der Waals surface area contributed by atoms with E-state index in [1.54, 1.807) is 0 Å². The number of aryl methyl sites for hydroxylation is 2. The van der Waals surface area contributed by atoms with Crippen LogP contribution in [0.1, 0.15) is 28.1 Å². The van der Waals surface area contributed by atoms with Crippen LogP contribution < -0.4 is 10.6 Å². The summed E-state index contributed by atoms with van der Waals surface area (Å²) in [6.07, 6.45) is 1.06. The van der Waals surface area contributed by atoms with E-state index in [0.29, 0.717) is 6.54 Å². The van der Waals surface area contributed by atoms with E-state index in [0.717, 1.165) is 36.5 Å². The van der Waals surface area contributed by atoms with E-state index in [1.807, 2.05) is 0 Å². The average Bonchev–Trinajstić information content (AvgIpc) is 2.88. The largest absolute Gasteiger partial charge is 0.355 e. The Labute approximate surface area is 136 Å². The van der Waals surface area contributed by atoms with Crippen molar-refractivity contribution in [1.29, 1.82) is 0 Å². The van der Waals surface area contributed by atoms with Gasteiger partial charge in [-0.2, -0.15) is 0 Å². The first kappa shape index (κ1) is 14.3. The molecule has 4 nitrogen and oxygen atoms in total. The van der Waals surface area contributed by atoms with E-state index < -0.39 is 0 Å². The second-order valence-corrected chi connectivity index (χ2v) is 6.38. The molecule has 2 aromatic heterocycles. The van der Waals surface area contributed by atoms with Gasteiger partial charge in [0.15, 0.2) is 5.82 Å². The second-order valence-electron chi connectivity index (χ2n) is 6.38. The zero-order chi connectivity index (χ0) is 16.0. The van der Waals surface area contributed by atoms with Crippen LogP contribution in [0.4, 0.5) is 5.82 Å². The Morgan fingerprint density at radius 3 is 2.78 bits per heavy atom. The summed E-state index contributed by atoms with van der Waals surface area (Å²) < 4.78 is 0. The molecule has 23 heavy (non-hydrogen) atoms. The smallest absolute Gasteiger partial charge is 0.153 e. The number of benzene rings is 1. The van der Waals surface area contributed by atoms with E-state index in [-0.39, 0.29) is 0 Å². The topological polar surface area (TPSA) is 57.9 Å². The van der Waals surface area contributed by atoms with E-state index in [1.165, 1.54) is 27.8 Å². The van der Waals surface area contributed by atoms with Gasteiger partial charge in [0.1, 0.15) is 0 Å². The minimum Gasteiger partial charge on any atom is -0.355 e. The van der Waals surface area contributed by atoms with Crippen LogP contribution in [0.5, 0.6) is 0 Å². The monoisotopic (exact) mass is 306 g/mol. The summed E-state index contributed by atoms with van der Waals surface area (Å²) in [5.41, 5.74) is 13.3. The highest BCUT2D eigenvalue weighted by Gasteiger charge is 2.21. The van der Waals surface area contributed by atoms with E-state index in [4.69, 9.17) is 10.7 Å². The predicted molar refractivity (Wildman–Crippen MR) is 94.7 cm³/mol. The van der Waals surface area contributed by atoms with Crippen LogP contribution in [0.25, 0.3) is 10.9 Å². The van der Waals surface area contributed by atoms with Crippen LogP contribution in [0.2, 0.25) is 0 Å². The Hall–Kier alpha value is -2.33. The van der Waals surface area contributed by atoms with Crippen molar-refractivity contribution >= 4 is 16.7 Å². The van der Waals surface area contributed by atoms with Crippen molar-refractivity contribution in [3.05, 3.63) is 58.4 Å². The van der Waals surface area contributed by atoms with Crippen molar-refractivity contribution in [3.8, 4) is 0 Å². The highest BCUT2D eigenvalue weighted by molar-refractivity contribution is 5.93. The van der Waals surface area contributed by atoms with Crippen molar-refractivity contribution in [2.45, 2.75) is 33.4 Å². The molecule has 3 N–H and O–H groups in total. The van der Waals surface area contributed by atoms with Gasteiger partial charge in [0, 0.05) is 30.7 Å². The maximum atomic E-state index is 5.88.